The van der Waals surface area contributed by atoms with E-state index in [2.05, 4.69) is 4.98 Å². The summed E-state index contributed by atoms with van der Waals surface area (Å²) in [5.41, 5.74) is 1.98. The van der Waals surface area contributed by atoms with E-state index in [1.54, 1.807) is 32.4 Å². The minimum absolute atomic E-state index is 0.513. The maximum Gasteiger partial charge on any atom is 0.219 e. The summed E-state index contributed by atoms with van der Waals surface area (Å²) < 4.78 is 10.7. The van der Waals surface area contributed by atoms with Crippen molar-refractivity contribution in [3.63, 3.8) is 0 Å². The molecule has 2 rings (SSSR count). The summed E-state index contributed by atoms with van der Waals surface area (Å²) >= 11 is 0. The first-order chi connectivity index (χ1) is 9.69. The van der Waals surface area contributed by atoms with Crippen LogP contribution in [0, 0.1) is 0 Å². The van der Waals surface area contributed by atoms with E-state index in [4.69, 9.17) is 9.47 Å². The third kappa shape index (κ3) is 4.05. The van der Waals surface area contributed by atoms with E-state index in [9.17, 15) is 5.11 Å². The molecule has 0 radical (unpaired) electrons. The van der Waals surface area contributed by atoms with Crippen molar-refractivity contribution in [2.24, 2.45) is 0 Å². The Hall–Kier alpha value is -1.91. The lowest BCUT2D eigenvalue weighted by atomic mass is 10.1. The van der Waals surface area contributed by atoms with Crippen molar-refractivity contribution in [3.05, 3.63) is 53.7 Å². The maximum atomic E-state index is 9.41. The standard InChI is InChI=1S/C16H19NO3/c1-12(18)14-5-8-16(17-11-14)20-15-6-3-13(4-7-15)9-10-19-2/h3-8,11-12,18H,9-10H2,1-2H3/t12-/m0/s1. The van der Waals surface area contributed by atoms with Gasteiger partial charge in [0, 0.05) is 19.4 Å². The van der Waals surface area contributed by atoms with Crippen molar-refractivity contribution in [3.8, 4) is 11.6 Å². The van der Waals surface area contributed by atoms with Crippen LogP contribution in [0.2, 0.25) is 0 Å². The van der Waals surface area contributed by atoms with E-state index in [0.29, 0.717) is 12.5 Å². The van der Waals surface area contributed by atoms with Crippen molar-refractivity contribution in [1.82, 2.24) is 4.98 Å². The number of aromatic nitrogens is 1. The smallest absolute Gasteiger partial charge is 0.219 e. The van der Waals surface area contributed by atoms with Gasteiger partial charge in [0.1, 0.15) is 5.75 Å². The van der Waals surface area contributed by atoms with Gasteiger partial charge in [0.2, 0.25) is 5.88 Å². The van der Waals surface area contributed by atoms with Crippen LogP contribution < -0.4 is 4.74 Å². The maximum absolute atomic E-state index is 9.41. The number of rotatable bonds is 6. The van der Waals surface area contributed by atoms with Gasteiger partial charge in [-0.05, 0) is 42.7 Å². The number of aliphatic hydroxyl groups excluding tert-OH is 1. The summed E-state index contributed by atoms with van der Waals surface area (Å²) in [5, 5.41) is 9.41. The van der Waals surface area contributed by atoms with Gasteiger partial charge in [-0.3, -0.25) is 0 Å². The predicted molar refractivity (Wildman–Crippen MR) is 77.0 cm³/mol. The largest absolute Gasteiger partial charge is 0.439 e. The molecular formula is C16H19NO3. The third-order valence-electron chi connectivity index (χ3n) is 2.98. The summed E-state index contributed by atoms with van der Waals surface area (Å²) in [6, 6.07) is 11.4. The van der Waals surface area contributed by atoms with Gasteiger partial charge in [-0.1, -0.05) is 12.1 Å². The van der Waals surface area contributed by atoms with Crippen LogP contribution in [0.4, 0.5) is 0 Å². The van der Waals surface area contributed by atoms with Crippen molar-refractivity contribution < 1.29 is 14.6 Å². The van der Waals surface area contributed by atoms with E-state index in [-0.39, 0.29) is 0 Å². The molecule has 0 unspecified atom stereocenters. The zero-order valence-electron chi connectivity index (χ0n) is 11.7. The molecule has 0 aliphatic heterocycles. The molecule has 1 heterocycles. The Kier molecular flexibility index (Phi) is 5.09. The summed E-state index contributed by atoms with van der Waals surface area (Å²) in [6.45, 7) is 2.42. The number of hydrogen-bond acceptors (Lipinski definition) is 4. The lowest BCUT2D eigenvalue weighted by Crippen LogP contribution is -1.95. The molecule has 0 fully saturated rings. The Labute approximate surface area is 119 Å². The van der Waals surface area contributed by atoms with Crippen LogP contribution in [0.3, 0.4) is 0 Å². The minimum Gasteiger partial charge on any atom is -0.439 e. The lowest BCUT2D eigenvalue weighted by molar-refractivity contribution is 0.198. The van der Waals surface area contributed by atoms with Gasteiger partial charge in [-0.15, -0.1) is 0 Å². The lowest BCUT2D eigenvalue weighted by Gasteiger charge is -2.08. The van der Waals surface area contributed by atoms with Gasteiger partial charge >= 0.3 is 0 Å². The van der Waals surface area contributed by atoms with Gasteiger partial charge in [0.05, 0.1) is 12.7 Å². The van der Waals surface area contributed by atoms with Crippen LogP contribution in [0.15, 0.2) is 42.6 Å². The van der Waals surface area contributed by atoms with Gasteiger partial charge < -0.3 is 14.6 Å². The highest BCUT2D eigenvalue weighted by Gasteiger charge is 2.03. The normalized spacial score (nSPS) is 12.2. The number of hydrogen-bond donors (Lipinski definition) is 1. The number of ether oxygens (including phenoxy) is 2. The quantitative estimate of drug-likeness (QED) is 0.878. The zero-order chi connectivity index (χ0) is 14.4. The number of nitrogens with zero attached hydrogens (tertiary/aromatic N) is 1. The molecule has 20 heavy (non-hydrogen) atoms. The molecule has 2 aromatic rings. The fourth-order valence-electron chi connectivity index (χ4n) is 1.76. The number of pyridine rings is 1. The molecule has 0 aliphatic carbocycles. The van der Waals surface area contributed by atoms with Crippen molar-refractivity contribution in [2.75, 3.05) is 13.7 Å². The molecule has 4 nitrogen and oxygen atoms in total. The molecule has 0 saturated heterocycles. The Morgan fingerprint density at radius 3 is 2.45 bits per heavy atom. The first-order valence-electron chi connectivity index (χ1n) is 6.59. The summed E-state index contributed by atoms with van der Waals surface area (Å²) in [5.74, 6) is 1.25. The van der Waals surface area contributed by atoms with Crippen molar-refractivity contribution in [2.45, 2.75) is 19.4 Å². The Morgan fingerprint density at radius 1 is 1.15 bits per heavy atom. The van der Waals surface area contributed by atoms with Crippen molar-refractivity contribution in [1.29, 1.82) is 0 Å². The Bertz CT molecular complexity index is 520. The minimum atomic E-state index is -0.517. The van der Waals surface area contributed by atoms with Crippen molar-refractivity contribution >= 4 is 0 Å². The topological polar surface area (TPSA) is 51.6 Å². The highest BCUT2D eigenvalue weighted by molar-refractivity contribution is 5.31. The van der Waals surface area contributed by atoms with Crippen LogP contribution in [0.1, 0.15) is 24.2 Å². The second-order valence-electron chi connectivity index (χ2n) is 4.59. The molecule has 0 spiro atoms. The summed E-state index contributed by atoms with van der Waals surface area (Å²) in [4.78, 5) is 4.17. The van der Waals surface area contributed by atoms with E-state index in [1.165, 1.54) is 5.56 Å². The van der Waals surface area contributed by atoms with Gasteiger partial charge in [0.25, 0.3) is 0 Å². The van der Waals surface area contributed by atoms with Crippen LogP contribution >= 0.6 is 0 Å². The highest BCUT2D eigenvalue weighted by atomic mass is 16.5. The third-order valence-corrected chi connectivity index (χ3v) is 2.98. The molecule has 1 aromatic carbocycles. The molecule has 1 aromatic heterocycles. The number of methoxy groups -OCH3 is 1. The van der Waals surface area contributed by atoms with Gasteiger partial charge in [-0.25, -0.2) is 4.98 Å². The molecule has 0 amide bonds. The molecular weight excluding hydrogens is 254 g/mol. The fourth-order valence-corrected chi connectivity index (χ4v) is 1.76. The average molecular weight is 273 g/mol. The van der Waals surface area contributed by atoms with E-state index >= 15 is 0 Å². The molecule has 0 bridgehead atoms. The Morgan fingerprint density at radius 2 is 1.90 bits per heavy atom. The average Bonchev–Trinajstić information content (AvgIpc) is 2.47. The van der Waals surface area contributed by atoms with Crippen LogP contribution in [0.25, 0.3) is 0 Å². The second kappa shape index (κ2) is 7.03. The van der Waals surface area contributed by atoms with Crippen LogP contribution in [0.5, 0.6) is 11.6 Å². The Balaban J connectivity index is 1.98. The molecule has 0 aliphatic rings. The van der Waals surface area contributed by atoms with E-state index < -0.39 is 6.10 Å². The second-order valence-corrected chi connectivity index (χ2v) is 4.59. The SMILES string of the molecule is COCCc1ccc(Oc2ccc([C@H](C)O)cn2)cc1. The van der Waals surface area contributed by atoms with Gasteiger partial charge in [-0.2, -0.15) is 0 Å². The summed E-state index contributed by atoms with van der Waals surface area (Å²) in [7, 11) is 1.69. The predicted octanol–water partition coefficient (Wildman–Crippen LogP) is 3.12. The van der Waals surface area contributed by atoms with Crippen LogP contribution in [-0.2, 0) is 11.2 Å². The first kappa shape index (κ1) is 14.5. The molecule has 106 valence electrons. The number of benzene rings is 1. The van der Waals surface area contributed by atoms with Gasteiger partial charge in [0.15, 0.2) is 0 Å². The molecule has 1 atom stereocenters. The monoisotopic (exact) mass is 273 g/mol. The zero-order valence-corrected chi connectivity index (χ0v) is 11.7. The first-order valence-corrected chi connectivity index (χ1v) is 6.59. The molecule has 0 saturated carbocycles. The van der Waals surface area contributed by atoms with E-state index in [1.807, 2.05) is 24.3 Å². The number of aliphatic hydroxyl groups is 1. The fraction of sp³-hybridized carbons (Fsp3) is 0.312. The van der Waals surface area contributed by atoms with E-state index in [0.717, 1.165) is 17.7 Å². The van der Waals surface area contributed by atoms with Crippen LogP contribution in [-0.4, -0.2) is 23.8 Å². The highest BCUT2D eigenvalue weighted by Crippen LogP contribution is 2.21. The summed E-state index contributed by atoms with van der Waals surface area (Å²) in [6.07, 6.45) is 1.99. The molecule has 4 heteroatoms. The molecule has 1 N–H and O–H groups in total.